The molecule has 0 atom stereocenters. The van der Waals surface area contributed by atoms with Crippen molar-refractivity contribution < 1.29 is 19.1 Å². The predicted octanol–water partition coefficient (Wildman–Crippen LogP) is 6.18. The molecule has 0 aliphatic heterocycles. The molecule has 1 aliphatic rings. The SMILES string of the molecule is CN(C)c1ccc(-c2ccc(CC3(C(=O)Nc4cncc(/C=C/C(=O)O)c4)CCCCC3)c(F)c2)cc1. The smallest absolute Gasteiger partial charge is 0.328 e. The number of hydrogen-bond acceptors (Lipinski definition) is 4. The second kappa shape index (κ2) is 11.4. The molecule has 7 heteroatoms. The van der Waals surface area contributed by atoms with Crippen LogP contribution < -0.4 is 10.2 Å². The van der Waals surface area contributed by atoms with Crippen molar-refractivity contribution in [3.63, 3.8) is 0 Å². The van der Waals surface area contributed by atoms with E-state index in [1.165, 1.54) is 18.5 Å². The number of halogens is 1. The first kappa shape index (κ1) is 26.1. The first-order chi connectivity index (χ1) is 17.8. The van der Waals surface area contributed by atoms with Gasteiger partial charge in [0, 0.05) is 32.1 Å². The summed E-state index contributed by atoms with van der Waals surface area (Å²) in [4.78, 5) is 30.5. The number of rotatable bonds is 8. The topological polar surface area (TPSA) is 82.5 Å². The molecule has 0 saturated heterocycles. The largest absolute Gasteiger partial charge is 0.478 e. The molecule has 192 valence electrons. The maximum Gasteiger partial charge on any atom is 0.328 e. The number of carboxylic acids is 1. The van der Waals surface area contributed by atoms with Gasteiger partial charge in [-0.05, 0) is 71.9 Å². The number of pyridine rings is 1. The number of benzene rings is 2. The van der Waals surface area contributed by atoms with Crippen LogP contribution in [-0.4, -0.2) is 36.1 Å². The van der Waals surface area contributed by atoms with Gasteiger partial charge in [-0.25, -0.2) is 9.18 Å². The van der Waals surface area contributed by atoms with Gasteiger partial charge in [0.15, 0.2) is 0 Å². The Balaban J connectivity index is 1.55. The highest BCUT2D eigenvalue weighted by Gasteiger charge is 2.40. The van der Waals surface area contributed by atoms with Gasteiger partial charge in [0.2, 0.25) is 5.91 Å². The summed E-state index contributed by atoms with van der Waals surface area (Å²) in [5.74, 6) is -1.53. The summed E-state index contributed by atoms with van der Waals surface area (Å²) >= 11 is 0. The first-order valence-corrected chi connectivity index (χ1v) is 12.5. The number of amides is 1. The number of aliphatic carboxylic acids is 1. The molecule has 0 bridgehead atoms. The normalized spacial score (nSPS) is 14.9. The second-order valence-electron chi connectivity index (χ2n) is 9.90. The monoisotopic (exact) mass is 501 g/mol. The maximum absolute atomic E-state index is 15.4. The van der Waals surface area contributed by atoms with Gasteiger partial charge in [-0.15, -0.1) is 0 Å². The van der Waals surface area contributed by atoms with Crippen LogP contribution in [0.5, 0.6) is 0 Å². The van der Waals surface area contributed by atoms with Crippen molar-refractivity contribution in [3.05, 3.63) is 83.9 Å². The first-order valence-electron chi connectivity index (χ1n) is 12.5. The molecule has 1 aromatic heterocycles. The van der Waals surface area contributed by atoms with Crippen molar-refractivity contribution in [2.45, 2.75) is 38.5 Å². The summed E-state index contributed by atoms with van der Waals surface area (Å²) in [6.07, 6.45) is 10.0. The molecule has 2 aromatic carbocycles. The molecule has 1 fully saturated rings. The third kappa shape index (κ3) is 6.42. The zero-order chi connectivity index (χ0) is 26.4. The van der Waals surface area contributed by atoms with Gasteiger partial charge in [0.1, 0.15) is 5.82 Å². The van der Waals surface area contributed by atoms with Gasteiger partial charge in [0.25, 0.3) is 0 Å². The molecular weight excluding hydrogens is 469 g/mol. The molecule has 1 aliphatic carbocycles. The van der Waals surface area contributed by atoms with Crippen molar-refractivity contribution in [2.75, 3.05) is 24.3 Å². The van der Waals surface area contributed by atoms with E-state index in [1.807, 2.05) is 49.3 Å². The number of hydrogen-bond donors (Lipinski definition) is 2. The van der Waals surface area contributed by atoms with E-state index in [0.29, 0.717) is 36.1 Å². The Morgan fingerprint density at radius 3 is 2.38 bits per heavy atom. The summed E-state index contributed by atoms with van der Waals surface area (Å²) in [6, 6.07) is 14.9. The van der Waals surface area contributed by atoms with Crippen molar-refractivity contribution in [1.29, 1.82) is 0 Å². The lowest BCUT2D eigenvalue weighted by Crippen LogP contribution is -2.40. The van der Waals surface area contributed by atoms with E-state index in [2.05, 4.69) is 10.3 Å². The van der Waals surface area contributed by atoms with Crippen LogP contribution in [0.25, 0.3) is 17.2 Å². The Hall–Kier alpha value is -4.00. The molecule has 2 N–H and O–H groups in total. The third-order valence-electron chi connectivity index (χ3n) is 7.03. The van der Waals surface area contributed by atoms with E-state index in [0.717, 1.165) is 42.2 Å². The van der Waals surface area contributed by atoms with E-state index in [4.69, 9.17) is 5.11 Å². The minimum Gasteiger partial charge on any atom is -0.478 e. The number of carbonyl (C=O) groups is 2. The van der Waals surface area contributed by atoms with Gasteiger partial charge in [0.05, 0.1) is 17.3 Å². The van der Waals surface area contributed by atoms with Crippen molar-refractivity contribution in [1.82, 2.24) is 4.98 Å². The standard InChI is InChI=1S/C30H32FN3O3/c1-34(2)26-11-9-22(10-12-26)23-7-8-24(27(31)17-23)18-30(14-4-3-5-15-30)29(37)33-25-16-21(19-32-20-25)6-13-28(35)36/h6-13,16-17,19-20H,3-5,14-15,18H2,1-2H3,(H,33,37)(H,35,36)/b13-6+. The zero-order valence-electron chi connectivity index (χ0n) is 21.2. The van der Waals surface area contributed by atoms with Gasteiger partial charge in [-0.1, -0.05) is 43.5 Å². The van der Waals surface area contributed by atoms with Crippen LogP contribution >= 0.6 is 0 Å². The Kier molecular flexibility index (Phi) is 8.01. The number of nitrogens with zero attached hydrogens (tertiary/aromatic N) is 2. The summed E-state index contributed by atoms with van der Waals surface area (Å²) in [5.41, 5.74) is 3.67. The fourth-order valence-corrected chi connectivity index (χ4v) is 4.95. The van der Waals surface area contributed by atoms with Crippen LogP contribution in [0, 0.1) is 11.2 Å². The highest BCUT2D eigenvalue weighted by molar-refractivity contribution is 5.96. The molecule has 0 spiro atoms. The molecule has 0 radical (unpaired) electrons. The lowest BCUT2D eigenvalue weighted by molar-refractivity contribution is -0.131. The van der Waals surface area contributed by atoms with E-state index in [-0.39, 0.29) is 11.7 Å². The Morgan fingerprint density at radius 1 is 1.03 bits per heavy atom. The van der Waals surface area contributed by atoms with E-state index in [1.54, 1.807) is 18.2 Å². The van der Waals surface area contributed by atoms with E-state index >= 15 is 4.39 Å². The predicted molar refractivity (Wildman–Crippen MR) is 145 cm³/mol. The van der Waals surface area contributed by atoms with Crippen LogP contribution in [0.1, 0.15) is 43.2 Å². The van der Waals surface area contributed by atoms with Crippen molar-refractivity contribution in [3.8, 4) is 11.1 Å². The maximum atomic E-state index is 15.4. The van der Waals surface area contributed by atoms with Gasteiger partial charge in [-0.3, -0.25) is 9.78 Å². The van der Waals surface area contributed by atoms with E-state index < -0.39 is 11.4 Å². The number of carboxylic acid groups (broad SMARTS) is 1. The highest BCUT2D eigenvalue weighted by atomic mass is 19.1. The summed E-state index contributed by atoms with van der Waals surface area (Å²) in [7, 11) is 3.95. The average Bonchev–Trinajstić information content (AvgIpc) is 2.89. The molecule has 6 nitrogen and oxygen atoms in total. The molecule has 4 rings (SSSR count). The molecule has 3 aromatic rings. The second-order valence-corrected chi connectivity index (χ2v) is 9.90. The molecule has 1 amide bonds. The van der Waals surface area contributed by atoms with Crippen molar-refractivity contribution in [2.24, 2.45) is 5.41 Å². The Bertz CT molecular complexity index is 1300. The lowest BCUT2D eigenvalue weighted by atomic mass is 9.69. The van der Waals surface area contributed by atoms with Gasteiger partial charge in [-0.2, -0.15) is 0 Å². The summed E-state index contributed by atoms with van der Waals surface area (Å²) < 4.78 is 15.4. The van der Waals surface area contributed by atoms with E-state index in [9.17, 15) is 9.59 Å². The van der Waals surface area contributed by atoms with Crippen LogP contribution in [0.4, 0.5) is 15.8 Å². The minimum absolute atomic E-state index is 0.156. The van der Waals surface area contributed by atoms with Crippen LogP contribution in [0.2, 0.25) is 0 Å². The highest BCUT2D eigenvalue weighted by Crippen LogP contribution is 2.41. The lowest BCUT2D eigenvalue weighted by Gasteiger charge is -2.36. The number of anilines is 2. The number of nitrogens with one attached hydrogen (secondary N) is 1. The quantitative estimate of drug-likeness (QED) is 0.360. The average molecular weight is 502 g/mol. The summed E-state index contributed by atoms with van der Waals surface area (Å²) in [6.45, 7) is 0. The molecule has 1 heterocycles. The van der Waals surface area contributed by atoms with Gasteiger partial charge >= 0.3 is 5.97 Å². The third-order valence-corrected chi connectivity index (χ3v) is 7.03. The van der Waals surface area contributed by atoms with Crippen LogP contribution in [0.3, 0.4) is 0 Å². The summed E-state index contributed by atoms with van der Waals surface area (Å²) in [5, 5.41) is 11.8. The fourth-order valence-electron chi connectivity index (χ4n) is 4.95. The van der Waals surface area contributed by atoms with Crippen molar-refractivity contribution >= 4 is 29.3 Å². The number of carbonyl (C=O) groups excluding carboxylic acids is 1. The van der Waals surface area contributed by atoms with Crippen LogP contribution in [-0.2, 0) is 16.0 Å². The molecular formula is C30H32FN3O3. The van der Waals surface area contributed by atoms with Crippen LogP contribution in [0.15, 0.2) is 67.0 Å². The Morgan fingerprint density at radius 2 is 1.73 bits per heavy atom. The zero-order valence-corrected chi connectivity index (χ0v) is 21.2. The molecule has 37 heavy (non-hydrogen) atoms. The minimum atomic E-state index is -1.06. The molecule has 0 unspecified atom stereocenters. The molecule has 1 saturated carbocycles. The Labute approximate surface area is 216 Å². The number of aromatic nitrogens is 1. The van der Waals surface area contributed by atoms with Gasteiger partial charge < -0.3 is 15.3 Å². The fraction of sp³-hybridized carbons (Fsp3) is 0.300.